The van der Waals surface area contributed by atoms with E-state index in [4.69, 9.17) is 9.47 Å². The van der Waals surface area contributed by atoms with Crippen LogP contribution in [-0.2, 0) is 10.8 Å². The standard InChI is InChI=1S/C20H28O.C20H26O/c2*1-6-15(2)21-19-14-17(16-10-8-7-9-11-16)12-13-18(19)20(3,4)5/h8,10-15H,6-7,9H2,1-5H3;7-15H,6H2,1-5H3. The first-order valence-corrected chi connectivity index (χ1v) is 15.9. The normalized spacial score (nSPS) is 14.8. The van der Waals surface area contributed by atoms with Crippen molar-refractivity contribution >= 4 is 5.57 Å². The molecular weight excluding hydrogens is 512 g/mol. The minimum absolute atomic E-state index is 0.0814. The molecule has 0 radical (unpaired) electrons. The second-order valence-electron chi connectivity index (χ2n) is 13.6. The molecule has 0 amide bonds. The Morgan fingerprint density at radius 2 is 1.12 bits per heavy atom. The lowest BCUT2D eigenvalue weighted by Gasteiger charge is -2.25. The monoisotopic (exact) mass is 566 g/mol. The number of ether oxygens (including phenoxy) is 2. The summed E-state index contributed by atoms with van der Waals surface area (Å²) in [6.07, 6.45) is 11.6. The van der Waals surface area contributed by atoms with Crippen LogP contribution in [0.2, 0.25) is 0 Å². The third-order valence-corrected chi connectivity index (χ3v) is 7.82. The Balaban J connectivity index is 0.000000230. The number of rotatable bonds is 8. The molecule has 1 aliphatic carbocycles. The summed E-state index contributed by atoms with van der Waals surface area (Å²) in [5, 5.41) is 0. The lowest BCUT2D eigenvalue weighted by molar-refractivity contribution is 0.212. The average molecular weight is 567 g/mol. The van der Waals surface area contributed by atoms with Crippen LogP contribution in [0, 0.1) is 0 Å². The predicted octanol–water partition coefficient (Wildman–Crippen LogP) is 11.7. The van der Waals surface area contributed by atoms with E-state index in [1.807, 2.05) is 6.07 Å². The Labute approximate surface area is 256 Å². The molecule has 4 rings (SSSR count). The smallest absolute Gasteiger partial charge is 0.124 e. The van der Waals surface area contributed by atoms with Gasteiger partial charge in [0.1, 0.15) is 11.5 Å². The number of hydrogen-bond acceptors (Lipinski definition) is 2. The largest absolute Gasteiger partial charge is 0.490 e. The van der Waals surface area contributed by atoms with E-state index < -0.39 is 0 Å². The van der Waals surface area contributed by atoms with Crippen molar-refractivity contribution in [1.29, 1.82) is 0 Å². The van der Waals surface area contributed by atoms with Crippen molar-refractivity contribution in [3.63, 3.8) is 0 Å². The predicted molar refractivity (Wildman–Crippen MR) is 183 cm³/mol. The van der Waals surface area contributed by atoms with E-state index in [1.54, 1.807) is 0 Å². The lowest BCUT2D eigenvalue weighted by atomic mass is 9.85. The van der Waals surface area contributed by atoms with Gasteiger partial charge in [-0.1, -0.05) is 128 Å². The molecular formula is C40H54O2. The van der Waals surface area contributed by atoms with Crippen LogP contribution in [0.25, 0.3) is 16.7 Å². The van der Waals surface area contributed by atoms with E-state index in [-0.39, 0.29) is 23.0 Å². The van der Waals surface area contributed by atoms with Gasteiger partial charge < -0.3 is 9.47 Å². The van der Waals surface area contributed by atoms with Crippen molar-refractivity contribution in [3.05, 3.63) is 102 Å². The highest BCUT2D eigenvalue weighted by molar-refractivity contribution is 5.76. The average Bonchev–Trinajstić information content (AvgIpc) is 2.97. The highest BCUT2D eigenvalue weighted by atomic mass is 16.5. The van der Waals surface area contributed by atoms with Crippen molar-refractivity contribution in [3.8, 4) is 22.6 Å². The molecule has 0 fully saturated rings. The molecule has 0 aliphatic heterocycles. The maximum atomic E-state index is 6.20. The van der Waals surface area contributed by atoms with Crippen LogP contribution in [0.15, 0.2) is 85.0 Å². The van der Waals surface area contributed by atoms with Gasteiger partial charge in [0.05, 0.1) is 12.2 Å². The van der Waals surface area contributed by atoms with Gasteiger partial charge in [-0.15, -0.1) is 0 Å². The molecule has 0 bridgehead atoms. The molecule has 3 aromatic carbocycles. The van der Waals surface area contributed by atoms with E-state index in [2.05, 4.69) is 148 Å². The van der Waals surface area contributed by atoms with Gasteiger partial charge in [0.25, 0.3) is 0 Å². The van der Waals surface area contributed by atoms with Gasteiger partial charge in [-0.2, -0.15) is 0 Å². The zero-order valence-corrected chi connectivity index (χ0v) is 27.9. The molecule has 2 atom stereocenters. The van der Waals surface area contributed by atoms with Crippen molar-refractivity contribution < 1.29 is 9.47 Å². The molecule has 0 saturated heterocycles. The van der Waals surface area contributed by atoms with Crippen LogP contribution in [0.5, 0.6) is 11.5 Å². The van der Waals surface area contributed by atoms with Gasteiger partial charge in [-0.3, -0.25) is 0 Å². The highest BCUT2D eigenvalue weighted by Gasteiger charge is 2.22. The molecule has 0 N–H and O–H groups in total. The zero-order valence-electron chi connectivity index (χ0n) is 27.9. The van der Waals surface area contributed by atoms with Gasteiger partial charge in [0, 0.05) is 0 Å². The van der Waals surface area contributed by atoms with Gasteiger partial charge in [0.15, 0.2) is 0 Å². The minimum Gasteiger partial charge on any atom is -0.490 e. The van der Waals surface area contributed by atoms with Gasteiger partial charge >= 0.3 is 0 Å². The Bertz CT molecular complexity index is 1330. The third-order valence-electron chi connectivity index (χ3n) is 7.82. The Morgan fingerprint density at radius 1 is 0.619 bits per heavy atom. The van der Waals surface area contributed by atoms with E-state index >= 15 is 0 Å². The Hall–Kier alpha value is -3.26. The van der Waals surface area contributed by atoms with E-state index in [9.17, 15) is 0 Å². The maximum absolute atomic E-state index is 6.20. The molecule has 226 valence electrons. The van der Waals surface area contributed by atoms with E-state index in [1.165, 1.54) is 33.4 Å². The van der Waals surface area contributed by atoms with Crippen molar-refractivity contribution in [1.82, 2.24) is 0 Å². The molecule has 1 aliphatic rings. The van der Waals surface area contributed by atoms with E-state index in [0.29, 0.717) is 0 Å². The number of benzene rings is 3. The highest BCUT2D eigenvalue weighted by Crippen LogP contribution is 2.37. The van der Waals surface area contributed by atoms with Crippen LogP contribution < -0.4 is 9.47 Å². The second kappa shape index (κ2) is 14.8. The number of allylic oxidation sites excluding steroid dienone is 4. The molecule has 2 heteroatoms. The summed E-state index contributed by atoms with van der Waals surface area (Å²) in [6, 6.07) is 23.7. The molecule has 0 heterocycles. The summed E-state index contributed by atoms with van der Waals surface area (Å²) >= 11 is 0. The van der Waals surface area contributed by atoms with Crippen LogP contribution in [0.4, 0.5) is 0 Å². The Morgan fingerprint density at radius 3 is 1.57 bits per heavy atom. The second-order valence-corrected chi connectivity index (χ2v) is 13.6. The fourth-order valence-electron chi connectivity index (χ4n) is 4.90. The summed E-state index contributed by atoms with van der Waals surface area (Å²) in [6.45, 7) is 22.0. The molecule has 0 spiro atoms. The molecule has 3 aromatic rings. The first-order chi connectivity index (χ1) is 19.8. The van der Waals surface area contributed by atoms with Gasteiger partial charge in [-0.05, 0) is 95.9 Å². The van der Waals surface area contributed by atoms with E-state index in [0.717, 1.165) is 37.2 Å². The molecule has 2 unspecified atom stereocenters. The molecule has 0 aromatic heterocycles. The third kappa shape index (κ3) is 9.38. The SMILES string of the molecule is CCC(C)Oc1cc(-c2ccccc2)ccc1C(C)(C)C.CCC(C)Oc1cc(C2=CCCC=C2)ccc1C(C)(C)C. The fraction of sp³-hybridized carbons (Fsp3) is 0.450. The number of hydrogen-bond donors (Lipinski definition) is 0. The van der Waals surface area contributed by atoms with Crippen LogP contribution in [0.1, 0.15) is 112 Å². The molecule has 0 saturated carbocycles. The lowest BCUT2D eigenvalue weighted by Crippen LogP contribution is -2.17. The van der Waals surface area contributed by atoms with Crippen LogP contribution >= 0.6 is 0 Å². The topological polar surface area (TPSA) is 18.5 Å². The fourth-order valence-corrected chi connectivity index (χ4v) is 4.90. The summed E-state index contributed by atoms with van der Waals surface area (Å²) in [5.41, 5.74) is 7.74. The van der Waals surface area contributed by atoms with Crippen LogP contribution in [0.3, 0.4) is 0 Å². The first-order valence-electron chi connectivity index (χ1n) is 15.9. The van der Waals surface area contributed by atoms with Gasteiger partial charge in [-0.25, -0.2) is 0 Å². The van der Waals surface area contributed by atoms with Crippen molar-refractivity contribution in [2.75, 3.05) is 0 Å². The summed E-state index contributed by atoms with van der Waals surface area (Å²) in [5.74, 6) is 2.05. The van der Waals surface area contributed by atoms with Gasteiger partial charge in [0.2, 0.25) is 0 Å². The summed E-state index contributed by atoms with van der Waals surface area (Å²) in [4.78, 5) is 0. The van der Waals surface area contributed by atoms with Crippen molar-refractivity contribution in [2.45, 2.75) is 118 Å². The minimum atomic E-state index is 0.0814. The zero-order chi connectivity index (χ0) is 30.9. The molecule has 42 heavy (non-hydrogen) atoms. The quantitative estimate of drug-likeness (QED) is 0.270. The summed E-state index contributed by atoms with van der Waals surface area (Å²) in [7, 11) is 0. The Kier molecular flexibility index (Phi) is 11.7. The first kappa shape index (κ1) is 33.2. The maximum Gasteiger partial charge on any atom is 0.124 e. The van der Waals surface area contributed by atoms with Crippen molar-refractivity contribution in [2.24, 2.45) is 0 Å². The summed E-state index contributed by atoms with van der Waals surface area (Å²) < 4.78 is 12.4. The van der Waals surface area contributed by atoms with Crippen LogP contribution in [-0.4, -0.2) is 12.2 Å². The molecule has 2 nitrogen and oxygen atoms in total.